The molecule has 0 aromatic carbocycles. The third-order valence-corrected chi connectivity index (χ3v) is 2.10. The van der Waals surface area contributed by atoms with E-state index in [1.54, 1.807) is 0 Å². The van der Waals surface area contributed by atoms with Gasteiger partial charge in [0, 0.05) is 11.8 Å². The third-order valence-electron chi connectivity index (χ3n) is 1.70. The number of carbonyl (C=O) groups excluding carboxylic acids is 1. The Balaban J connectivity index is 4.04. The molecule has 1 N–H and O–H groups in total. The van der Waals surface area contributed by atoms with Crippen LogP contribution in [0.5, 0.6) is 0 Å². The van der Waals surface area contributed by atoms with Crippen molar-refractivity contribution in [3.05, 3.63) is 0 Å². The fourth-order valence-corrected chi connectivity index (χ4v) is 1.39. The van der Waals surface area contributed by atoms with Gasteiger partial charge in [-0.1, -0.05) is 13.8 Å². The van der Waals surface area contributed by atoms with Gasteiger partial charge >= 0.3 is 6.09 Å². The molecule has 0 aromatic rings. The van der Waals surface area contributed by atoms with Gasteiger partial charge in [-0.25, -0.2) is 4.79 Å². The number of thiol groups is 1. The van der Waals surface area contributed by atoms with Crippen LogP contribution < -0.4 is 5.32 Å². The van der Waals surface area contributed by atoms with Gasteiger partial charge in [0.1, 0.15) is 5.60 Å². The van der Waals surface area contributed by atoms with Gasteiger partial charge in [0.15, 0.2) is 0 Å². The van der Waals surface area contributed by atoms with Crippen LogP contribution in [0.1, 0.15) is 34.6 Å². The van der Waals surface area contributed by atoms with Crippen molar-refractivity contribution in [2.45, 2.75) is 46.3 Å². The number of nitrogens with one attached hydrogen (secondary N) is 1. The lowest BCUT2D eigenvalue weighted by atomic mass is 10.1. The van der Waals surface area contributed by atoms with Crippen LogP contribution in [0.25, 0.3) is 0 Å². The zero-order valence-corrected chi connectivity index (χ0v) is 10.5. The Bertz CT molecular complexity index is 187. The van der Waals surface area contributed by atoms with Gasteiger partial charge in [0.2, 0.25) is 0 Å². The summed E-state index contributed by atoms with van der Waals surface area (Å²) in [7, 11) is 0. The molecule has 1 unspecified atom stereocenters. The van der Waals surface area contributed by atoms with Crippen LogP contribution in [0.15, 0.2) is 0 Å². The summed E-state index contributed by atoms with van der Waals surface area (Å²) in [6.45, 7) is 9.61. The Kier molecular flexibility index (Phi) is 5.34. The molecule has 0 rings (SSSR count). The lowest BCUT2D eigenvalue weighted by Gasteiger charge is -2.24. The van der Waals surface area contributed by atoms with Crippen molar-refractivity contribution < 1.29 is 9.53 Å². The molecule has 0 aliphatic heterocycles. The second kappa shape index (κ2) is 5.49. The zero-order chi connectivity index (χ0) is 11.4. The van der Waals surface area contributed by atoms with E-state index in [9.17, 15) is 4.79 Å². The smallest absolute Gasteiger partial charge is 0.407 e. The van der Waals surface area contributed by atoms with Crippen molar-refractivity contribution in [2.24, 2.45) is 5.92 Å². The molecule has 84 valence electrons. The molecule has 0 aliphatic rings. The monoisotopic (exact) mass is 219 g/mol. The maximum atomic E-state index is 11.4. The molecule has 0 spiro atoms. The molecular weight excluding hydrogens is 198 g/mol. The van der Waals surface area contributed by atoms with Gasteiger partial charge < -0.3 is 10.1 Å². The number of hydrogen-bond acceptors (Lipinski definition) is 3. The number of ether oxygens (including phenoxy) is 1. The molecule has 0 radical (unpaired) electrons. The SMILES string of the molecule is CC(C)C(CS)NC(=O)OC(C)(C)C. The average Bonchev–Trinajstić information content (AvgIpc) is 1.96. The van der Waals surface area contributed by atoms with E-state index < -0.39 is 5.60 Å². The summed E-state index contributed by atoms with van der Waals surface area (Å²) in [5.41, 5.74) is -0.442. The van der Waals surface area contributed by atoms with Crippen LogP contribution in [-0.2, 0) is 4.74 Å². The number of amides is 1. The number of rotatable bonds is 3. The van der Waals surface area contributed by atoms with Gasteiger partial charge in [-0.3, -0.25) is 0 Å². The van der Waals surface area contributed by atoms with Crippen molar-refractivity contribution in [1.29, 1.82) is 0 Å². The maximum absolute atomic E-state index is 11.4. The van der Waals surface area contributed by atoms with Crippen LogP contribution in [0.3, 0.4) is 0 Å². The number of alkyl carbamates (subject to hydrolysis) is 1. The molecule has 1 amide bonds. The first kappa shape index (κ1) is 13.6. The highest BCUT2D eigenvalue weighted by Crippen LogP contribution is 2.09. The highest BCUT2D eigenvalue weighted by atomic mass is 32.1. The van der Waals surface area contributed by atoms with Crippen molar-refractivity contribution in [3.8, 4) is 0 Å². The number of hydrogen-bond donors (Lipinski definition) is 2. The minimum Gasteiger partial charge on any atom is -0.444 e. The van der Waals surface area contributed by atoms with E-state index in [0.29, 0.717) is 11.7 Å². The van der Waals surface area contributed by atoms with Crippen molar-refractivity contribution in [2.75, 3.05) is 5.75 Å². The molecule has 0 saturated heterocycles. The summed E-state index contributed by atoms with van der Waals surface area (Å²) in [4.78, 5) is 11.4. The minimum atomic E-state index is -0.442. The van der Waals surface area contributed by atoms with Crippen LogP contribution in [0.4, 0.5) is 4.79 Å². The van der Waals surface area contributed by atoms with Gasteiger partial charge in [-0.05, 0) is 26.7 Å². The number of carbonyl (C=O) groups is 1. The third kappa shape index (κ3) is 6.13. The molecule has 14 heavy (non-hydrogen) atoms. The van der Waals surface area contributed by atoms with Crippen molar-refractivity contribution >= 4 is 18.7 Å². The highest BCUT2D eigenvalue weighted by Gasteiger charge is 2.20. The fraction of sp³-hybridized carbons (Fsp3) is 0.900. The van der Waals surface area contributed by atoms with Gasteiger partial charge in [0.05, 0.1) is 0 Å². The first-order chi connectivity index (χ1) is 6.26. The van der Waals surface area contributed by atoms with Crippen molar-refractivity contribution in [3.63, 3.8) is 0 Å². The molecule has 0 aliphatic carbocycles. The summed E-state index contributed by atoms with van der Waals surface area (Å²) >= 11 is 4.17. The zero-order valence-electron chi connectivity index (χ0n) is 9.63. The van der Waals surface area contributed by atoms with E-state index in [2.05, 4.69) is 17.9 Å². The Morgan fingerprint density at radius 3 is 2.21 bits per heavy atom. The minimum absolute atomic E-state index is 0.0631. The van der Waals surface area contributed by atoms with E-state index in [1.807, 2.05) is 34.6 Å². The van der Waals surface area contributed by atoms with Crippen LogP contribution in [0, 0.1) is 5.92 Å². The van der Waals surface area contributed by atoms with E-state index in [-0.39, 0.29) is 12.1 Å². The Morgan fingerprint density at radius 1 is 1.43 bits per heavy atom. The van der Waals surface area contributed by atoms with Crippen LogP contribution in [0.2, 0.25) is 0 Å². The quantitative estimate of drug-likeness (QED) is 0.716. The molecule has 0 bridgehead atoms. The molecule has 0 heterocycles. The fourth-order valence-electron chi connectivity index (χ4n) is 0.882. The molecule has 4 heteroatoms. The molecule has 3 nitrogen and oxygen atoms in total. The van der Waals surface area contributed by atoms with Gasteiger partial charge in [-0.2, -0.15) is 12.6 Å². The molecule has 0 saturated carbocycles. The topological polar surface area (TPSA) is 38.3 Å². The average molecular weight is 219 g/mol. The Morgan fingerprint density at radius 2 is 1.93 bits per heavy atom. The summed E-state index contributed by atoms with van der Waals surface area (Å²) in [5, 5.41) is 2.79. The first-order valence-corrected chi connectivity index (χ1v) is 5.50. The lowest BCUT2D eigenvalue weighted by molar-refractivity contribution is 0.0497. The van der Waals surface area contributed by atoms with Gasteiger partial charge in [-0.15, -0.1) is 0 Å². The first-order valence-electron chi connectivity index (χ1n) is 4.86. The molecule has 0 fully saturated rings. The van der Waals surface area contributed by atoms with Crippen LogP contribution >= 0.6 is 12.6 Å². The molecule has 0 aromatic heterocycles. The second-order valence-electron chi connectivity index (χ2n) is 4.68. The summed E-state index contributed by atoms with van der Waals surface area (Å²) in [5.74, 6) is 0.983. The predicted octanol–water partition coefficient (Wildman–Crippen LogP) is 2.47. The Labute approximate surface area is 92.0 Å². The summed E-state index contributed by atoms with van der Waals surface area (Å²) in [6.07, 6.45) is -0.370. The maximum Gasteiger partial charge on any atom is 0.407 e. The lowest BCUT2D eigenvalue weighted by Crippen LogP contribution is -2.42. The summed E-state index contributed by atoms with van der Waals surface area (Å²) in [6, 6.07) is 0.0631. The summed E-state index contributed by atoms with van der Waals surface area (Å²) < 4.78 is 5.14. The van der Waals surface area contributed by atoms with Crippen molar-refractivity contribution in [1.82, 2.24) is 5.32 Å². The van der Waals surface area contributed by atoms with E-state index >= 15 is 0 Å². The Hall–Kier alpha value is -0.380. The van der Waals surface area contributed by atoms with E-state index in [0.717, 1.165) is 0 Å². The van der Waals surface area contributed by atoms with Gasteiger partial charge in [0.25, 0.3) is 0 Å². The second-order valence-corrected chi connectivity index (χ2v) is 5.04. The highest BCUT2D eigenvalue weighted by molar-refractivity contribution is 7.80. The molecular formula is C10H21NO2S. The predicted molar refractivity (Wildman–Crippen MR) is 61.8 cm³/mol. The van der Waals surface area contributed by atoms with Crippen LogP contribution in [-0.4, -0.2) is 23.5 Å². The largest absolute Gasteiger partial charge is 0.444 e. The normalized spacial score (nSPS) is 13.9. The van der Waals surface area contributed by atoms with E-state index in [4.69, 9.17) is 4.74 Å². The standard InChI is InChI=1S/C10H21NO2S/c1-7(2)8(6-14)11-9(12)13-10(3,4)5/h7-8,14H,6H2,1-5H3,(H,11,12). The molecule has 1 atom stereocenters. The van der Waals surface area contributed by atoms with E-state index in [1.165, 1.54) is 0 Å².